The average molecular weight is 540 g/mol. The molecular formula is C23H33IN4O3. The van der Waals surface area contributed by atoms with E-state index >= 15 is 0 Å². The molecule has 2 aromatic rings. The van der Waals surface area contributed by atoms with Crippen molar-refractivity contribution in [1.82, 2.24) is 15.6 Å². The summed E-state index contributed by atoms with van der Waals surface area (Å²) >= 11 is 0. The first-order chi connectivity index (χ1) is 14.7. The van der Waals surface area contributed by atoms with Gasteiger partial charge in [0.1, 0.15) is 5.75 Å². The van der Waals surface area contributed by atoms with Gasteiger partial charge in [0.25, 0.3) is 0 Å². The third-order valence-electron chi connectivity index (χ3n) is 4.94. The van der Waals surface area contributed by atoms with Crippen LogP contribution >= 0.6 is 24.0 Å². The molecule has 1 aliphatic rings. The number of nitrogens with one attached hydrogen (secondary N) is 2. The van der Waals surface area contributed by atoms with Crippen LogP contribution in [-0.2, 0) is 17.8 Å². The molecule has 3 rings (SSSR count). The SMILES string of the molecule is CCOc1cc(CNC(=NC)NCc2ccc(C)cc2OCC2CCOC2)ccn1.I. The van der Waals surface area contributed by atoms with Crippen LogP contribution in [0.4, 0.5) is 0 Å². The number of aromatic nitrogens is 1. The average Bonchev–Trinajstić information content (AvgIpc) is 3.27. The fourth-order valence-electron chi connectivity index (χ4n) is 3.24. The lowest BCUT2D eigenvalue weighted by molar-refractivity contribution is 0.166. The maximum atomic E-state index is 6.13. The minimum Gasteiger partial charge on any atom is -0.493 e. The van der Waals surface area contributed by atoms with Crippen LogP contribution in [0, 0.1) is 12.8 Å². The Morgan fingerprint density at radius 3 is 2.77 bits per heavy atom. The van der Waals surface area contributed by atoms with Gasteiger partial charge in [0, 0.05) is 50.5 Å². The van der Waals surface area contributed by atoms with Gasteiger partial charge in [-0.1, -0.05) is 12.1 Å². The molecule has 2 heterocycles. The van der Waals surface area contributed by atoms with Gasteiger partial charge in [-0.15, -0.1) is 24.0 Å². The van der Waals surface area contributed by atoms with E-state index in [1.165, 1.54) is 5.56 Å². The van der Waals surface area contributed by atoms with Gasteiger partial charge in [-0.3, -0.25) is 4.99 Å². The zero-order valence-corrected chi connectivity index (χ0v) is 20.8. The van der Waals surface area contributed by atoms with Crippen LogP contribution in [0.3, 0.4) is 0 Å². The van der Waals surface area contributed by atoms with Crippen molar-refractivity contribution in [1.29, 1.82) is 0 Å². The molecule has 1 unspecified atom stereocenters. The standard InChI is InChI=1S/C23H32N4O3.HI/c1-4-29-22-12-18(7-9-25-22)13-26-23(24-3)27-14-20-6-5-17(2)11-21(20)30-16-19-8-10-28-15-19;/h5-7,9,11-12,19H,4,8,10,13-16H2,1-3H3,(H2,24,26,27);1H. The van der Waals surface area contributed by atoms with E-state index in [0.29, 0.717) is 38.1 Å². The van der Waals surface area contributed by atoms with Crippen LogP contribution < -0.4 is 20.1 Å². The van der Waals surface area contributed by atoms with Crippen LogP contribution in [0.1, 0.15) is 30.0 Å². The molecule has 0 bridgehead atoms. The molecule has 2 N–H and O–H groups in total. The van der Waals surface area contributed by atoms with Crippen LogP contribution in [0.25, 0.3) is 0 Å². The Bertz CT molecular complexity index is 841. The molecule has 8 heteroatoms. The highest BCUT2D eigenvalue weighted by atomic mass is 127. The monoisotopic (exact) mass is 540 g/mol. The van der Waals surface area contributed by atoms with E-state index in [-0.39, 0.29) is 24.0 Å². The van der Waals surface area contributed by atoms with E-state index in [1.807, 2.05) is 19.1 Å². The van der Waals surface area contributed by atoms with Crippen molar-refractivity contribution in [3.8, 4) is 11.6 Å². The topological polar surface area (TPSA) is 77.0 Å². The molecule has 0 amide bonds. The molecule has 170 valence electrons. The fourth-order valence-corrected chi connectivity index (χ4v) is 3.24. The Kier molecular flexibility index (Phi) is 10.9. The molecule has 7 nitrogen and oxygen atoms in total. The molecule has 0 radical (unpaired) electrons. The molecule has 1 fully saturated rings. The lowest BCUT2D eigenvalue weighted by atomic mass is 10.1. The minimum absolute atomic E-state index is 0. The molecule has 0 saturated carbocycles. The number of aryl methyl sites for hydroxylation is 1. The fraction of sp³-hybridized carbons (Fsp3) is 0.478. The third-order valence-corrected chi connectivity index (χ3v) is 4.94. The van der Waals surface area contributed by atoms with Crippen molar-refractivity contribution in [3.63, 3.8) is 0 Å². The number of aliphatic imine (C=N–C) groups is 1. The summed E-state index contributed by atoms with van der Waals surface area (Å²) in [4.78, 5) is 8.52. The first-order valence-corrected chi connectivity index (χ1v) is 10.5. The maximum absolute atomic E-state index is 6.13. The molecule has 1 saturated heterocycles. The number of benzene rings is 1. The number of pyridine rings is 1. The second-order valence-electron chi connectivity index (χ2n) is 7.37. The van der Waals surface area contributed by atoms with Crippen molar-refractivity contribution >= 4 is 29.9 Å². The van der Waals surface area contributed by atoms with Gasteiger partial charge >= 0.3 is 0 Å². The Morgan fingerprint density at radius 2 is 2.03 bits per heavy atom. The Balaban J connectivity index is 0.00000341. The molecular weight excluding hydrogens is 507 g/mol. The van der Waals surface area contributed by atoms with E-state index in [9.17, 15) is 0 Å². The number of rotatable bonds is 9. The van der Waals surface area contributed by atoms with Gasteiger partial charge in [0.05, 0.1) is 19.8 Å². The van der Waals surface area contributed by atoms with Crippen molar-refractivity contribution in [2.24, 2.45) is 10.9 Å². The molecule has 0 aliphatic carbocycles. The number of hydrogen-bond donors (Lipinski definition) is 2. The first-order valence-electron chi connectivity index (χ1n) is 10.5. The summed E-state index contributed by atoms with van der Waals surface area (Å²) in [6.45, 7) is 8.18. The first kappa shape index (κ1) is 25.2. The minimum atomic E-state index is 0. The molecule has 1 aromatic carbocycles. The molecule has 1 atom stereocenters. The summed E-state index contributed by atoms with van der Waals surface area (Å²) in [5, 5.41) is 6.70. The van der Waals surface area contributed by atoms with Crippen LogP contribution in [0.15, 0.2) is 41.5 Å². The molecule has 1 aliphatic heterocycles. The lowest BCUT2D eigenvalue weighted by Gasteiger charge is -2.17. The summed E-state index contributed by atoms with van der Waals surface area (Å²) < 4.78 is 17.0. The molecule has 0 spiro atoms. The number of halogens is 1. The number of hydrogen-bond acceptors (Lipinski definition) is 5. The van der Waals surface area contributed by atoms with Crippen LogP contribution in [-0.4, -0.2) is 44.4 Å². The van der Waals surface area contributed by atoms with Crippen LogP contribution in [0.2, 0.25) is 0 Å². The van der Waals surface area contributed by atoms with Gasteiger partial charge < -0.3 is 24.8 Å². The van der Waals surface area contributed by atoms with Gasteiger partial charge in [-0.05, 0) is 43.5 Å². The van der Waals surface area contributed by atoms with E-state index in [0.717, 1.165) is 42.5 Å². The maximum Gasteiger partial charge on any atom is 0.213 e. The van der Waals surface area contributed by atoms with E-state index < -0.39 is 0 Å². The molecule has 31 heavy (non-hydrogen) atoms. The van der Waals surface area contributed by atoms with E-state index in [1.54, 1.807) is 13.2 Å². The van der Waals surface area contributed by atoms with Gasteiger partial charge in [-0.2, -0.15) is 0 Å². The zero-order valence-electron chi connectivity index (χ0n) is 18.5. The highest BCUT2D eigenvalue weighted by Gasteiger charge is 2.17. The highest BCUT2D eigenvalue weighted by molar-refractivity contribution is 14.0. The lowest BCUT2D eigenvalue weighted by Crippen LogP contribution is -2.36. The van der Waals surface area contributed by atoms with Crippen LogP contribution in [0.5, 0.6) is 11.6 Å². The summed E-state index contributed by atoms with van der Waals surface area (Å²) in [5.74, 6) is 2.75. The van der Waals surface area contributed by atoms with Crippen molar-refractivity contribution in [2.45, 2.75) is 33.4 Å². The normalized spacial score (nSPS) is 15.8. The summed E-state index contributed by atoms with van der Waals surface area (Å²) in [6, 6.07) is 10.2. The number of guanidine groups is 1. The van der Waals surface area contributed by atoms with E-state index in [2.05, 4.69) is 45.7 Å². The number of nitrogens with zero attached hydrogens (tertiary/aromatic N) is 2. The van der Waals surface area contributed by atoms with Gasteiger partial charge in [0.2, 0.25) is 5.88 Å². The summed E-state index contributed by atoms with van der Waals surface area (Å²) in [5.41, 5.74) is 3.36. The Hall–Kier alpha value is -2.07. The second-order valence-corrected chi connectivity index (χ2v) is 7.37. The number of ether oxygens (including phenoxy) is 3. The predicted molar refractivity (Wildman–Crippen MR) is 133 cm³/mol. The van der Waals surface area contributed by atoms with Gasteiger partial charge in [-0.25, -0.2) is 4.98 Å². The molecule has 1 aromatic heterocycles. The van der Waals surface area contributed by atoms with Crippen molar-refractivity contribution < 1.29 is 14.2 Å². The largest absolute Gasteiger partial charge is 0.493 e. The van der Waals surface area contributed by atoms with Crippen molar-refractivity contribution in [3.05, 3.63) is 53.2 Å². The summed E-state index contributed by atoms with van der Waals surface area (Å²) in [7, 11) is 1.76. The Morgan fingerprint density at radius 1 is 1.19 bits per heavy atom. The quantitative estimate of drug-likeness (QED) is 0.287. The summed E-state index contributed by atoms with van der Waals surface area (Å²) in [6.07, 6.45) is 2.82. The highest BCUT2D eigenvalue weighted by Crippen LogP contribution is 2.22. The van der Waals surface area contributed by atoms with Gasteiger partial charge in [0.15, 0.2) is 5.96 Å². The Labute approximate surface area is 202 Å². The zero-order chi connectivity index (χ0) is 21.2. The smallest absolute Gasteiger partial charge is 0.213 e. The third kappa shape index (κ3) is 8.17. The second kappa shape index (κ2) is 13.4. The van der Waals surface area contributed by atoms with E-state index in [4.69, 9.17) is 14.2 Å². The predicted octanol–water partition coefficient (Wildman–Crippen LogP) is 3.69. The van der Waals surface area contributed by atoms with Crippen molar-refractivity contribution in [2.75, 3.05) is 33.5 Å².